The predicted molar refractivity (Wildman–Crippen MR) is 67.6 cm³/mol. The highest BCUT2D eigenvalue weighted by Gasteiger charge is 2.06. The molecule has 0 saturated heterocycles. The third kappa shape index (κ3) is 3.77. The van der Waals surface area contributed by atoms with Crippen LogP contribution in [0.1, 0.15) is 17.8 Å². The molecule has 6 heteroatoms. The summed E-state index contributed by atoms with van der Waals surface area (Å²) in [6, 6.07) is 0. The van der Waals surface area contributed by atoms with E-state index in [1.807, 2.05) is 11.6 Å². The van der Waals surface area contributed by atoms with Crippen molar-refractivity contribution in [2.45, 2.75) is 26.8 Å². The average molecular weight is 305 g/mol. The van der Waals surface area contributed by atoms with Gasteiger partial charge in [0.25, 0.3) is 0 Å². The van der Waals surface area contributed by atoms with Crippen molar-refractivity contribution in [3.63, 3.8) is 0 Å². The summed E-state index contributed by atoms with van der Waals surface area (Å²) in [6.07, 6.45) is 0.981. The SMILES string of the molecule is Cc1nn(CCCN)c(C)c1Br.Cl.Cl. The molecule has 0 radical (unpaired) electrons. The fraction of sp³-hybridized carbons (Fsp3) is 0.625. The molecule has 1 aromatic heterocycles. The zero-order valence-corrected chi connectivity index (χ0v) is 11.5. The van der Waals surface area contributed by atoms with Gasteiger partial charge in [-0.2, -0.15) is 5.10 Å². The van der Waals surface area contributed by atoms with Gasteiger partial charge in [0.15, 0.2) is 0 Å². The van der Waals surface area contributed by atoms with E-state index in [9.17, 15) is 0 Å². The van der Waals surface area contributed by atoms with E-state index in [-0.39, 0.29) is 24.8 Å². The first kappa shape index (κ1) is 16.7. The lowest BCUT2D eigenvalue weighted by atomic mass is 10.4. The largest absolute Gasteiger partial charge is 0.330 e. The summed E-state index contributed by atoms with van der Waals surface area (Å²) in [5.41, 5.74) is 7.65. The summed E-state index contributed by atoms with van der Waals surface area (Å²) in [6.45, 7) is 5.68. The highest BCUT2D eigenvalue weighted by atomic mass is 79.9. The van der Waals surface area contributed by atoms with Crippen LogP contribution in [0, 0.1) is 13.8 Å². The smallest absolute Gasteiger partial charge is 0.0738 e. The summed E-state index contributed by atoms with van der Waals surface area (Å²) in [5, 5.41) is 4.36. The second kappa shape index (κ2) is 7.51. The van der Waals surface area contributed by atoms with Gasteiger partial charge in [0.2, 0.25) is 0 Å². The van der Waals surface area contributed by atoms with E-state index < -0.39 is 0 Å². The number of rotatable bonds is 3. The van der Waals surface area contributed by atoms with Crippen LogP contribution in [-0.4, -0.2) is 16.3 Å². The minimum absolute atomic E-state index is 0. The maximum atomic E-state index is 5.42. The van der Waals surface area contributed by atoms with Crippen molar-refractivity contribution in [2.24, 2.45) is 5.73 Å². The van der Waals surface area contributed by atoms with Gasteiger partial charge in [0, 0.05) is 12.2 Å². The van der Waals surface area contributed by atoms with Gasteiger partial charge in [0.05, 0.1) is 10.2 Å². The Balaban J connectivity index is 0. The van der Waals surface area contributed by atoms with E-state index >= 15 is 0 Å². The van der Waals surface area contributed by atoms with E-state index in [0.717, 1.165) is 29.7 Å². The van der Waals surface area contributed by atoms with Crippen molar-refractivity contribution >= 4 is 40.7 Å². The molecule has 3 nitrogen and oxygen atoms in total. The molecule has 2 N–H and O–H groups in total. The molecule has 14 heavy (non-hydrogen) atoms. The number of hydrogen-bond acceptors (Lipinski definition) is 2. The normalized spacial score (nSPS) is 9.14. The Labute approximate surface area is 105 Å². The number of nitrogens with zero attached hydrogens (tertiary/aromatic N) is 2. The maximum Gasteiger partial charge on any atom is 0.0738 e. The molecule has 0 bridgehead atoms. The molecular formula is C8H16BrCl2N3. The summed E-state index contributed by atoms with van der Waals surface area (Å²) in [4.78, 5) is 0. The van der Waals surface area contributed by atoms with Gasteiger partial charge in [-0.1, -0.05) is 0 Å². The van der Waals surface area contributed by atoms with Crippen molar-refractivity contribution in [1.82, 2.24) is 9.78 Å². The van der Waals surface area contributed by atoms with Gasteiger partial charge < -0.3 is 5.73 Å². The molecule has 0 unspecified atom stereocenters. The molecule has 0 fully saturated rings. The first-order valence-electron chi connectivity index (χ1n) is 4.06. The van der Waals surface area contributed by atoms with Crippen LogP contribution in [0.2, 0.25) is 0 Å². The van der Waals surface area contributed by atoms with Crippen LogP contribution in [-0.2, 0) is 6.54 Å². The van der Waals surface area contributed by atoms with Gasteiger partial charge >= 0.3 is 0 Å². The van der Waals surface area contributed by atoms with Gasteiger partial charge in [-0.15, -0.1) is 24.8 Å². The highest BCUT2D eigenvalue weighted by Crippen LogP contribution is 2.19. The topological polar surface area (TPSA) is 43.8 Å². The molecular weight excluding hydrogens is 289 g/mol. The molecule has 1 aromatic rings. The predicted octanol–water partition coefficient (Wildman–Crippen LogP) is 2.45. The van der Waals surface area contributed by atoms with Crippen LogP contribution in [0.3, 0.4) is 0 Å². The highest BCUT2D eigenvalue weighted by molar-refractivity contribution is 9.10. The monoisotopic (exact) mass is 303 g/mol. The summed E-state index contributed by atoms with van der Waals surface area (Å²) >= 11 is 3.48. The van der Waals surface area contributed by atoms with Crippen LogP contribution < -0.4 is 5.73 Å². The van der Waals surface area contributed by atoms with E-state index in [1.54, 1.807) is 0 Å². The van der Waals surface area contributed by atoms with Crippen LogP contribution in [0.4, 0.5) is 0 Å². The summed E-state index contributed by atoms with van der Waals surface area (Å²) in [7, 11) is 0. The number of halogens is 3. The molecule has 0 aliphatic heterocycles. The summed E-state index contributed by atoms with van der Waals surface area (Å²) in [5.74, 6) is 0. The molecule has 0 aliphatic rings. The Morgan fingerprint density at radius 1 is 1.36 bits per heavy atom. The zero-order chi connectivity index (χ0) is 9.14. The van der Waals surface area contributed by atoms with E-state index in [0.29, 0.717) is 0 Å². The van der Waals surface area contributed by atoms with Crippen molar-refractivity contribution in [2.75, 3.05) is 6.54 Å². The van der Waals surface area contributed by atoms with E-state index in [2.05, 4.69) is 28.0 Å². The zero-order valence-electron chi connectivity index (χ0n) is 8.29. The van der Waals surface area contributed by atoms with Gasteiger partial charge in [-0.05, 0) is 42.7 Å². The maximum absolute atomic E-state index is 5.42. The molecule has 0 spiro atoms. The molecule has 1 rings (SSSR count). The van der Waals surface area contributed by atoms with Gasteiger partial charge in [-0.25, -0.2) is 0 Å². The van der Waals surface area contributed by atoms with Crippen molar-refractivity contribution in [3.05, 3.63) is 15.9 Å². The molecule has 0 saturated carbocycles. The van der Waals surface area contributed by atoms with E-state index in [1.165, 1.54) is 5.69 Å². The average Bonchev–Trinajstić information content (AvgIpc) is 2.30. The lowest BCUT2D eigenvalue weighted by molar-refractivity contribution is 0.567. The molecule has 0 atom stereocenters. The third-order valence-electron chi connectivity index (χ3n) is 1.87. The van der Waals surface area contributed by atoms with Gasteiger partial charge in [0.1, 0.15) is 0 Å². The molecule has 1 heterocycles. The Hall–Kier alpha value is 0.230. The number of aromatic nitrogens is 2. The molecule has 84 valence electrons. The molecule has 0 amide bonds. The van der Waals surface area contributed by atoms with Crippen molar-refractivity contribution in [1.29, 1.82) is 0 Å². The molecule has 0 aromatic carbocycles. The Morgan fingerprint density at radius 2 is 1.93 bits per heavy atom. The Morgan fingerprint density at radius 3 is 2.29 bits per heavy atom. The van der Waals surface area contributed by atoms with Crippen molar-refractivity contribution < 1.29 is 0 Å². The molecule has 0 aliphatic carbocycles. The fourth-order valence-corrected chi connectivity index (χ4v) is 1.42. The lowest BCUT2D eigenvalue weighted by Gasteiger charge is -2.01. The van der Waals surface area contributed by atoms with Gasteiger partial charge in [-0.3, -0.25) is 4.68 Å². The summed E-state index contributed by atoms with van der Waals surface area (Å²) < 4.78 is 3.10. The quantitative estimate of drug-likeness (QED) is 0.932. The first-order chi connectivity index (χ1) is 5.66. The first-order valence-corrected chi connectivity index (χ1v) is 4.85. The number of hydrogen-bond donors (Lipinski definition) is 1. The van der Waals surface area contributed by atoms with Crippen LogP contribution >= 0.6 is 40.7 Å². The Bertz CT molecular complexity index is 276. The Kier molecular flexibility index (Phi) is 8.94. The number of aryl methyl sites for hydroxylation is 2. The minimum atomic E-state index is 0. The minimum Gasteiger partial charge on any atom is -0.330 e. The second-order valence-corrected chi connectivity index (χ2v) is 3.64. The fourth-order valence-electron chi connectivity index (χ4n) is 1.13. The van der Waals surface area contributed by atoms with Crippen molar-refractivity contribution in [3.8, 4) is 0 Å². The second-order valence-electron chi connectivity index (χ2n) is 2.85. The lowest BCUT2D eigenvalue weighted by Crippen LogP contribution is -2.08. The van der Waals surface area contributed by atoms with Crippen LogP contribution in [0.25, 0.3) is 0 Å². The number of nitrogens with two attached hydrogens (primary N) is 1. The third-order valence-corrected chi connectivity index (χ3v) is 3.01. The van der Waals surface area contributed by atoms with E-state index in [4.69, 9.17) is 5.73 Å². The standard InChI is InChI=1S/C8H14BrN3.2ClH/c1-6-8(9)7(2)12(11-6)5-3-4-10;;/h3-5,10H2,1-2H3;2*1H. The van der Waals surface area contributed by atoms with Crippen LogP contribution in [0.5, 0.6) is 0 Å². The van der Waals surface area contributed by atoms with Crippen LogP contribution in [0.15, 0.2) is 4.47 Å².